The van der Waals surface area contributed by atoms with E-state index in [0.717, 1.165) is 11.1 Å². The van der Waals surface area contributed by atoms with Crippen molar-refractivity contribution >= 4 is 29.9 Å². The third-order valence-corrected chi connectivity index (χ3v) is 3.92. The van der Waals surface area contributed by atoms with Crippen molar-refractivity contribution in [1.29, 1.82) is 0 Å². The molecule has 0 bridgehead atoms. The average Bonchev–Trinajstić information content (AvgIpc) is 2.70. The van der Waals surface area contributed by atoms with Crippen LogP contribution in [0.15, 0.2) is 41.5 Å². The minimum absolute atomic E-state index is 0. The largest absolute Gasteiger partial charge is 0.475 e. The molecule has 0 spiro atoms. The molecule has 2 N–H and O–H groups in total. The van der Waals surface area contributed by atoms with Crippen molar-refractivity contribution in [2.24, 2.45) is 4.99 Å². The Morgan fingerprint density at radius 1 is 1.13 bits per heavy atom. The molecule has 1 heterocycles. The zero-order valence-corrected chi connectivity index (χ0v) is 19.5. The Morgan fingerprint density at radius 3 is 2.53 bits per heavy atom. The third-order valence-electron chi connectivity index (χ3n) is 3.92. The molecule has 0 saturated heterocycles. The molecule has 7 nitrogen and oxygen atoms in total. The van der Waals surface area contributed by atoms with Gasteiger partial charge < -0.3 is 24.8 Å². The van der Waals surface area contributed by atoms with Gasteiger partial charge in [0, 0.05) is 44.6 Å². The van der Waals surface area contributed by atoms with Gasteiger partial charge in [-0.1, -0.05) is 23.8 Å². The van der Waals surface area contributed by atoms with Crippen LogP contribution in [0.1, 0.15) is 16.7 Å². The van der Waals surface area contributed by atoms with Gasteiger partial charge in [-0.25, -0.2) is 4.98 Å². The summed E-state index contributed by atoms with van der Waals surface area (Å²) in [5.41, 5.74) is 2.40. The number of aryl methyl sites for hydroxylation is 1. The van der Waals surface area contributed by atoms with Crippen molar-refractivity contribution < 1.29 is 23.0 Å². The summed E-state index contributed by atoms with van der Waals surface area (Å²) in [4.78, 5) is 8.39. The fourth-order valence-electron chi connectivity index (χ4n) is 2.55. The topological polar surface area (TPSA) is 77.0 Å². The number of pyridine rings is 1. The second kappa shape index (κ2) is 13.9. The second-order valence-corrected chi connectivity index (χ2v) is 6.08. The van der Waals surface area contributed by atoms with Gasteiger partial charge in [0.25, 0.3) is 0 Å². The van der Waals surface area contributed by atoms with Crippen molar-refractivity contribution in [3.05, 3.63) is 53.2 Å². The van der Waals surface area contributed by atoms with Crippen LogP contribution in [-0.2, 0) is 17.8 Å². The number of halogens is 3. The van der Waals surface area contributed by atoms with Crippen LogP contribution in [0.2, 0.25) is 0 Å². The highest BCUT2D eigenvalue weighted by atomic mass is 127. The predicted octanol–water partition coefficient (Wildman–Crippen LogP) is 3.50. The van der Waals surface area contributed by atoms with Crippen LogP contribution in [0.5, 0.6) is 11.6 Å². The zero-order chi connectivity index (χ0) is 21.1. The smallest absolute Gasteiger partial charge is 0.387 e. The molecule has 2 aromatic rings. The lowest BCUT2D eigenvalue weighted by Crippen LogP contribution is -2.36. The van der Waals surface area contributed by atoms with Gasteiger partial charge in [-0.05, 0) is 19.1 Å². The first-order valence-corrected chi connectivity index (χ1v) is 9.08. The Hall–Kier alpha value is -2.21. The summed E-state index contributed by atoms with van der Waals surface area (Å²) in [7, 11) is 3.23. The standard InChI is InChI=1S/C20H26F2N4O3.HI/c1-14-6-7-17(29-19(21)22)16(11-14)13-26-20(23-2)25-12-15-5-4-8-24-18(15)28-10-9-27-3;/h4-8,11,19H,9-10,12-13H2,1-3H3,(H2,23,25,26);1H. The molecule has 166 valence electrons. The average molecular weight is 536 g/mol. The summed E-state index contributed by atoms with van der Waals surface area (Å²) in [6, 6.07) is 8.76. The lowest BCUT2D eigenvalue weighted by Gasteiger charge is -2.16. The molecule has 0 amide bonds. The summed E-state index contributed by atoms with van der Waals surface area (Å²) >= 11 is 0. The van der Waals surface area contributed by atoms with Gasteiger partial charge in [0.05, 0.1) is 6.61 Å². The number of ether oxygens (including phenoxy) is 3. The quantitative estimate of drug-likeness (QED) is 0.210. The molecule has 1 aromatic carbocycles. The molecule has 2 rings (SSSR count). The predicted molar refractivity (Wildman–Crippen MR) is 122 cm³/mol. The molecule has 0 saturated carbocycles. The summed E-state index contributed by atoms with van der Waals surface area (Å²) in [5.74, 6) is 1.15. The molecular formula is C20H27F2IN4O3. The molecule has 0 aliphatic rings. The lowest BCUT2D eigenvalue weighted by atomic mass is 10.1. The highest BCUT2D eigenvalue weighted by Gasteiger charge is 2.11. The van der Waals surface area contributed by atoms with Gasteiger partial charge in [-0.15, -0.1) is 24.0 Å². The minimum atomic E-state index is -2.88. The molecule has 0 aliphatic heterocycles. The maximum absolute atomic E-state index is 12.6. The molecule has 30 heavy (non-hydrogen) atoms. The van der Waals surface area contributed by atoms with E-state index in [4.69, 9.17) is 9.47 Å². The molecule has 0 atom stereocenters. The molecule has 1 aromatic heterocycles. The number of hydrogen-bond acceptors (Lipinski definition) is 5. The monoisotopic (exact) mass is 536 g/mol. The van der Waals surface area contributed by atoms with Crippen molar-refractivity contribution in [1.82, 2.24) is 15.6 Å². The summed E-state index contributed by atoms with van der Waals surface area (Å²) in [6.07, 6.45) is 1.65. The van der Waals surface area contributed by atoms with E-state index in [0.29, 0.717) is 37.2 Å². The van der Waals surface area contributed by atoms with E-state index in [1.54, 1.807) is 32.5 Å². The zero-order valence-electron chi connectivity index (χ0n) is 17.2. The van der Waals surface area contributed by atoms with E-state index in [1.165, 1.54) is 6.07 Å². The van der Waals surface area contributed by atoms with Crippen LogP contribution in [0.3, 0.4) is 0 Å². The number of benzene rings is 1. The molecule has 0 unspecified atom stereocenters. The van der Waals surface area contributed by atoms with Crippen LogP contribution < -0.4 is 20.1 Å². The van der Waals surface area contributed by atoms with Crippen LogP contribution >= 0.6 is 24.0 Å². The van der Waals surface area contributed by atoms with E-state index in [-0.39, 0.29) is 36.3 Å². The highest BCUT2D eigenvalue weighted by Crippen LogP contribution is 2.22. The van der Waals surface area contributed by atoms with E-state index in [2.05, 4.69) is 25.3 Å². The third kappa shape index (κ3) is 8.66. The van der Waals surface area contributed by atoms with Crippen molar-refractivity contribution in [3.8, 4) is 11.6 Å². The Labute approximate surface area is 192 Å². The van der Waals surface area contributed by atoms with Gasteiger partial charge in [0.1, 0.15) is 12.4 Å². The number of aliphatic imine (C=N–C) groups is 1. The number of nitrogens with one attached hydrogen (secondary N) is 2. The van der Waals surface area contributed by atoms with Crippen LogP contribution in [0.25, 0.3) is 0 Å². The lowest BCUT2D eigenvalue weighted by molar-refractivity contribution is -0.0504. The first kappa shape index (κ1) is 25.8. The Kier molecular flexibility index (Phi) is 12.0. The molecular weight excluding hydrogens is 509 g/mol. The normalized spacial score (nSPS) is 11.1. The SMILES string of the molecule is CN=C(NCc1cc(C)ccc1OC(F)F)NCc1cccnc1OCCOC.I. The summed E-state index contributed by atoms with van der Waals surface area (Å²) in [6.45, 7) is 0.560. The molecule has 0 fully saturated rings. The summed E-state index contributed by atoms with van der Waals surface area (Å²) < 4.78 is 40.4. The Bertz CT molecular complexity index is 809. The van der Waals surface area contributed by atoms with Crippen LogP contribution in [0, 0.1) is 6.92 Å². The van der Waals surface area contributed by atoms with Gasteiger partial charge in [0.15, 0.2) is 5.96 Å². The van der Waals surface area contributed by atoms with Crippen molar-refractivity contribution in [2.75, 3.05) is 27.4 Å². The molecule has 0 aliphatic carbocycles. The van der Waals surface area contributed by atoms with Gasteiger partial charge in [-0.2, -0.15) is 8.78 Å². The number of hydrogen-bond donors (Lipinski definition) is 2. The van der Waals surface area contributed by atoms with E-state index < -0.39 is 6.61 Å². The molecule has 10 heteroatoms. The van der Waals surface area contributed by atoms with Crippen molar-refractivity contribution in [2.45, 2.75) is 26.6 Å². The fraction of sp³-hybridized carbons (Fsp3) is 0.400. The Balaban J connectivity index is 0.00000450. The number of guanidine groups is 1. The number of aromatic nitrogens is 1. The van der Waals surface area contributed by atoms with E-state index in [1.807, 2.05) is 19.1 Å². The van der Waals surface area contributed by atoms with Gasteiger partial charge >= 0.3 is 6.61 Å². The summed E-state index contributed by atoms with van der Waals surface area (Å²) in [5, 5.41) is 6.26. The van der Waals surface area contributed by atoms with Crippen LogP contribution in [-0.4, -0.2) is 44.9 Å². The maximum atomic E-state index is 12.6. The van der Waals surface area contributed by atoms with Crippen molar-refractivity contribution in [3.63, 3.8) is 0 Å². The number of rotatable bonds is 10. The number of nitrogens with zero attached hydrogens (tertiary/aromatic N) is 2. The van der Waals surface area contributed by atoms with E-state index in [9.17, 15) is 8.78 Å². The van der Waals surface area contributed by atoms with E-state index >= 15 is 0 Å². The van der Waals surface area contributed by atoms with Gasteiger partial charge in [0.2, 0.25) is 5.88 Å². The first-order valence-electron chi connectivity index (χ1n) is 9.08. The Morgan fingerprint density at radius 2 is 1.87 bits per heavy atom. The minimum Gasteiger partial charge on any atom is -0.475 e. The highest BCUT2D eigenvalue weighted by molar-refractivity contribution is 14.0. The number of methoxy groups -OCH3 is 1. The maximum Gasteiger partial charge on any atom is 0.387 e. The molecule has 0 radical (unpaired) electrons. The fourth-order valence-corrected chi connectivity index (χ4v) is 2.55. The van der Waals surface area contributed by atoms with Gasteiger partial charge in [-0.3, -0.25) is 4.99 Å². The van der Waals surface area contributed by atoms with Crippen LogP contribution in [0.4, 0.5) is 8.78 Å². The second-order valence-electron chi connectivity index (χ2n) is 6.08. The number of alkyl halides is 2. The first-order chi connectivity index (χ1) is 14.0.